The van der Waals surface area contributed by atoms with Gasteiger partial charge in [-0.15, -0.1) is 0 Å². The van der Waals surface area contributed by atoms with Gasteiger partial charge in [0.15, 0.2) is 0 Å². The smallest absolute Gasteiger partial charge is 0.404 e. The van der Waals surface area contributed by atoms with Crippen molar-refractivity contribution in [2.45, 2.75) is 44.3 Å². The van der Waals surface area contributed by atoms with E-state index in [0.717, 1.165) is 25.7 Å². The van der Waals surface area contributed by atoms with Gasteiger partial charge >= 0.3 is 12.3 Å². The summed E-state index contributed by atoms with van der Waals surface area (Å²) < 4.78 is 40.6. The van der Waals surface area contributed by atoms with Gasteiger partial charge in [0, 0.05) is 12.6 Å². The Hall–Kier alpha value is -0.980. The predicted octanol–water partition coefficient (Wildman–Crippen LogP) is 2.78. The quantitative estimate of drug-likeness (QED) is 0.754. The number of nitrogens with one attached hydrogen (secondary N) is 1. The van der Waals surface area contributed by atoms with E-state index in [1.54, 1.807) is 0 Å². The highest BCUT2D eigenvalue weighted by Crippen LogP contribution is 2.25. The first-order valence-corrected chi connectivity index (χ1v) is 6.01. The van der Waals surface area contributed by atoms with Gasteiger partial charge < -0.3 is 15.2 Å². The van der Waals surface area contributed by atoms with Crippen LogP contribution >= 0.6 is 0 Å². The van der Waals surface area contributed by atoms with Crippen LogP contribution in [0.25, 0.3) is 0 Å². The molecule has 1 aliphatic rings. The molecule has 0 radical (unpaired) electrons. The van der Waals surface area contributed by atoms with Gasteiger partial charge in [-0.05, 0) is 31.6 Å². The summed E-state index contributed by atoms with van der Waals surface area (Å²) in [5.41, 5.74) is 0. The molecule has 0 aromatic carbocycles. The third kappa shape index (κ3) is 6.68. The molecule has 0 aromatic rings. The fourth-order valence-electron chi connectivity index (χ4n) is 2.09. The first-order valence-electron chi connectivity index (χ1n) is 6.01. The second-order valence-corrected chi connectivity index (χ2v) is 4.61. The number of carboxylic acid groups (broad SMARTS) is 1. The Balaban J connectivity index is 2.07. The minimum absolute atomic E-state index is 0.0334. The molecule has 0 aromatic heterocycles. The Bertz CT molecular complexity index is 263. The van der Waals surface area contributed by atoms with Crippen LogP contribution in [0.5, 0.6) is 0 Å². The zero-order valence-corrected chi connectivity index (χ0v) is 10.0. The fourth-order valence-corrected chi connectivity index (χ4v) is 2.09. The van der Waals surface area contributed by atoms with Gasteiger partial charge in [-0.3, -0.25) is 0 Å². The molecule has 0 aliphatic heterocycles. The lowest BCUT2D eigenvalue weighted by molar-refractivity contribution is -0.146. The SMILES string of the molecule is O=C(O)N[C@H]1CC[C@H](COCCC(F)(F)F)CC1. The molecule has 0 spiro atoms. The first kappa shape index (κ1) is 15.1. The van der Waals surface area contributed by atoms with E-state index in [1.807, 2.05) is 0 Å². The molecule has 2 N–H and O–H groups in total. The summed E-state index contributed by atoms with van der Waals surface area (Å²) in [5, 5.41) is 11.0. The van der Waals surface area contributed by atoms with Gasteiger partial charge in [-0.2, -0.15) is 13.2 Å². The summed E-state index contributed by atoms with van der Waals surface area (Å²) in [5.74, 6) is 0.241. The van der Waals surface area contributed by atoms with E-state index >= 15 is 0 Å². The van der Waals surface area contributed by atoms with Crippen molar-refractivity contribution in [2.24, 2.45) is 5.92 Å². The molecule has 106 valence electrons. The highest BCUT2D eigenvalue weighted by molar-refractivity contribution is 5.64. The Morgan fingerprint density at radius 1 is 1.28 bits per heavy atom. The third-order valence-electron chi connectivity index (χ3n) is 3.06. The van der Waals surface area contributed by atoms with E-state index < -0.39 is 18.7 Å². The highest BCUT2D eigenvalue weighted by atomic mass is 19.4. The van der Waals surface area contributed by atoms with E-state index in [2.05, 4.69) is 5.32 Å². The number of alkyl halides is 3. The van der Waals surface area contributed by atoms with Crippen molar-refractivity contribution in [2.75, 3.05) is 13.2 Å². The molecule has 4 nitrogen and oxygen atoms in total. The summed E-state index contributed by atoms with van der Waals surface area (Å²) in [6.45, 7) is 0.0344. The molecule has 0 unspecified atom stereocenters. The van der Waals surface area contributed by atoms with Crippen LogP contribution in [0.3, 0.4) is 0 Å². The lowest BCUT2D eigenvalue weighted by Crippen LogP contribution is -2.37. The molecule has 1 aliphatic carbocycles. The molecule has 0 saturated heterocycles. The van der Waals surface area contributed by atoms with Crippen molar-refractivity contribution in [3.63, 3.8) is 0 Å². The van der Waals surface area contributed by atoms with E-state index in [4.69, 9.17) is 9.84 Å². The molecule has 7 heteroatoms. The van der Waals surface area contributed by atoms with Crippen LogP contribution in [0.1, 0.15) is 32.1 Å². The summed E-state index contributed by atoms with van der Waals surface area (Å²) in [6.07, 6.45) is -3.08. The van der Waals surface area contributed by atoms with Crippen molar-refractivity contribution in [1.29, 1.82) is 0 Å². The monoisotopic (exact) mass is 269 g/mol. The van der Waals surface area contributed by atoms with Crippen LogP contribution in [-0.2, 0) is 4.74 Å². The van der Waals surface area contributed by atoms with E-state index in [9.17, 15) is 18.0 Å². The summed E-state index contributed by atoms with van der Waals surface area (Å²) >= 11 is 0. The molecule has 0 bridgehead atoms. The molecule has 1 amide bonds. The molecular weight excluding hydrogens is 251 g/mol. The molecule has 0 atom stereocenters. The molecule has 1 rings (SSSR count). The van der Waals surface area contributed by atoms with Crippen LogP contribution in [0, 0.1) is 5.92 Å². The fraction of sp³-hybridized carbons (Fsp3) is 0.909. The number of hydrogen-bond donors (Lipinski definition) is 2. The van der Waals surface area contributed by atoms with Crippen molar-refractivity contribution >= 4 is 6.09 Å². The largest absolute Gasteiger partial charge is 0.465 e. The van der Waals surface area contributed by atoms with Crippen LogP contribution in [0.15, 0.2) is 0 Å². The Morgan fingerprint density at radius 3 is 2.39 bits per heavy atom. The lowest BCUT2D eigenvalue weighted by atomic mass is 9.86. The summed E-state index contributed by atoms with van der Waals surface area (Å²) in [7, 11) is 0. The maximum absolute atomic E-state index is 11.9. The highest BCUT2D eigenvalue weighted by Gasteiger charge is 2.27. The van der Waals surface area contributed by atoms with Crippen molar-refractivity contribution < 1.29 is 27.8 Å². The summed E-state index contributed by atoms with van der Waals surface area (Å²) in [4.78, 5) is 10.4. The maximum Gasteiger partial charge on any atom is 0.404 e. The summed E-state index contributed by atoms with van der Waals surface area (Å²) in [6, 6.07) is -0.0334. The lowest BCUT2D eigenvalue weighted by Gasteiger charge is -2.28. The van der Waals surface area contributed by atoms with Gasteiger partial charge in [0.1, 0.15) is 0 Å². The molecular formula is C11H18F3NO3. The molecule has 18 heavy (non-hydrogen) atoms. The van der Waals surface area contributed by atoms with Gasteiger partial charge in [0.05, 0.1) is 13.0 Å². The van der Waals surface area contributed by atoms with E-state index in [-0.39, 0.29) is 18.6 Å². The number of hydrogen-bond acceptors (Lipinski definition) is 2. The zero-order chi connectivity index (χ0) is 13.6. The molecule has 1 saturated carbocycles. The van der Waals surface area contributed by atoms with Gasteiger partial charge in [-0.1, -0.05) is 0 Å². The maximum atomic E-state index is 11.9. The second kappa shape index (κ2) is 6.82. The minimum Gasteiger partial charge on any atom is -0.465 e. The number of halogens is 3. The van der Waals surface area contributed by atoms with Gasteiger partial charge in [-0.25, -0.2) is 4.79 Å². The van der Waals surface area contributed by atoms with E-state index in [0.29, 0.717) is 6.61 Å². The first-order chi connectivity index (χ1) is 8.37. The molecule has 1 fully saturated rings. The average Bonchev–Trinajstić information content (AvgIpc) is 2.24. The second-order valence-electron chi connectivity index (χ2n) is 4.61. The number of rotatable bonds is 5. The topological polar surface area (TPSA) is 58.6 Å². The molecule has 0 heterocycles. The predicted molar refractivity (Wildman–Crippen MR) is 58.4 cm³/mol. The zero-order valence-electron chi connectivity index (χ0n) is 10.0. The van der Waals surface area contributed by atoms with Crippen LogP contribution < -0.4 is 5.32 Å². The Morgan fingerprint density at radius 2 is 1.89 bits per heavy atom. The van der Waals surface area contributed by atoms with Gasteiger partial charge in [0.2, 0.25) is 0 Å². The van der Waals surface area contributed by atoms with Gasteiger partial charge in [0.25, 0.3) is 0 Å². The third-order valence-corrected chi connectivity index (χ3v) is 3.06. The van der Waals surface area contributed by atoms with Crippen LogP contribution in [0.4, 0.5) is 18.0 Å². The van der Waals surface area contributed by atoms with Crippen LogP contribution in [0.2, 0.25) is 0 Å². The van der Waals surface area contributed by atoms with Crippen molar-refractivity contribution in [3.05, 3.63) is 0 Å². The van der Waals surface area contributed by atoms with E-state index in [1.165, 1.54) is 0 Å². The Labute approximate surface area is 103 Å². The number of carbonyl (C=O) groups is 1. The Kier molecular flexibility index (Phi) is 5.71. The number of ether oxygens (including phenoxy) is 1. The number of amides is 1. The minimum atomic E-state index is -4.16. The normalized spacial score (nSPS) is 24.8. The standard InChI is InChI=1S/C11H18F3NO3/c12-11(13,14)5-6-18-7-8-1-3-9(4-2-8)15-10(16)17/h8-9,15H,1-7H2,(H,16,17)/t8-,9-. The average molecular weight is 269 g/mol. The van der Waals surface area contributed by atoms with Crippen LogP contribution in [-0.4, -0.2) is 36.6 Å². The van der Waals surface area contributed by atoms with Crippen molar-refractivity contribution in [3.8, 4) is 0 Å². The van der Waals surface area contributed by atoms with Crippen molar-refractivity contribution in [1.82, 2.24) is 5.32 Å².